The van der Waals surface area contributed by atoms with Crippen molar-refractivity contribution in [2.45, 2.75) is 0 Å². The van der Waals surface area contributed by atoms with E-state index in [1.807, 2.05) is 23.6 Å². The summed E-state index contributed by atoms with van der Waals surface area (Å²) in [6, 6.07) is 10.6. The predicted octanol–water partition coefficient (Wildman–Crippen LogP) is 3.47. The summed E-state index contributed by atoms with van der Waals surface area (Å²) in [5.74, 6) is 0.815. The number of carbonyl (C=O) groups excluding carboxylic acids is 1. The quantitative estimate of drug-likeness (QED) is 0.769. The molecule has 1 amide bonds. The van der Waals surface area contributed by atoms with Gasteiger partial charge in [0.1, 0.15) is 17.2 Å². The van der Waals surface area contributed by atoms with Crippen LogP contribution >= 0.6 is 11.3 Å². The molecule has 0 atom stereocenters. The maximum Gasteiger partial charge on any atom is 0.257 e. The van der Waals surface area contributed by atoms with Crippen LogP contribution in [0, 0.1) is 0 Å². The van der Waals surface area contributed by atoms with Gasteiger partial charge in [0, 0.05) is 23.2 Å². The number of aromatic nitrogens is 2. The average Bonchev–Trinajstić information content (AvgIpc) is 3.10. The first kappa shape index (κ1) is 15.9. The van der Waals surface area contributed by atoms with E-state index in [2.05, 4.69) is 15.3 Å². The molecule has 6 nitrogen and oxygen atoms in total. The molecule has 0 spiro atoms. The van der Waals surface area contributed by atoms with Gasteiger partial charge in [-0.1, -0.05) is 6.07 Å². The molecule has 0 aliphatic rings. The molecule has 2 aromatic heterocycles. The number of pyridine rings is 1. The zero-order valence-electron chi connectivity index (χ0n) is 13.1. The maximum atomic E-state index is 12.4. The summed E-state index contributed by atoms with van der Waals surface area (Å²) < 4.78 is 10.4. The summed E-state index contributed by atoms with van der Waals surface area (Å²) >= 11 is 1.34. The molecule has 2 heterocycles. The lowest BCUT2D eigenvalue weighted by Gasteiger charge is -2.08. The predicted molar refractivity (Wildman–Crippen MR) is 92.8 cm³/mol. The van der Waals surface area contributed by atoms with Gasteiger partial charge < -0.3 is 9.47 Å². The molecule has 0 saturated heterocycles. The third kappa shape index (κ3) is 3.52. The van der Waals surface area contributed by atoms with E-state index in [9.17, 15) is 4.79 Å². The molecular formula is C17H15N3O3S. The SMILES string of the molecule is COc1cc(OC)cc(C(=O)Nc2nc(-c3ccccn3)cs2)c1. The van der Waals surface area contributed by atoms with Crippen molar-refractivity contribution >= 4 is 22.4 Å². The summed E-state index contributed by atoms with van der Waals surface area (Å²) in [4.78, 5) is 21.1. The molecule has 1 N–H and O–H groups in total. The van der Waals surface area contributed by atoms with Crippen molar-refractivity contribution < 1.29 is 14.3 Å². The summed E-state index contributed by atoms with van der Waals surface area (Å²) in [6.45, 7) is 0. The second-order valence-corrected chi connectivity index (χ2v) is 5.67. The van der Waals surface area contributed by atoms with Gasteiger partial charge >= 0.3 is 0 Å². The number of thiazole rings is 1. The number of hydrogen-bond acceptors (Lipinski definition) is 6. The molecule has 3 rings (SSSR count). The second kappa shape index (κ2) is 7.10. The number of nitrogens with one attached hydrogen (secondary N) is 1. The number of rotatable bonds is 5. The number of carbonyl (C=O) groups is 1. The zero-order chi connectivity index (χ0) is 16.9. The molecule has 1 aromatic carbocycles. The largest absolute Gasteiger partial charge is 0.497 e. The Morgan fingerprint density at radius 3 is 2.46 bits per heavy atom. The molecule has 24 heavy (non-hydrogen) atoms. The average molecular weight is 341 g/mol. The highest BCUT2D eigenvalue weighted by Crippen LogP contribution is 2.26. The third-order valence-electron chi connectivity index (χ3n) is 3.27. The number of methoxy groups -OCH3 is 2. The van der Waals surface area contributed by atoms with Gasteiger partial charge in [-0.25, -0.2) is 4.98 Å². The molecule has 122 valence electrons. The van der Waals surface area contributed by atoms with Gasteiger partial charge in [0.05, 0.1) is 19.9 Å². The summed E-state index contributed by atoms with van der Waals surface area (Å²) in [5, 5.41) is 5.13. The van der Waals surface area contributed by atoms with E-state index in [1.54, 1.807) is 24.4 Å². The van der Waals surface area contributed by atoms with Crippen LogP contribution in [0.4, 0.5) is 5.13 Å². The van der Waals surface area contributed by atoms with Crippen LogP contribution in [-0.2, 0) is 0 Å². The van der Waals surface area contributed by atoms with Crippen LogP contribution in [-0.4, -0.2) is 30.1 Å². The molecular weight excluding hydrogens is 326 g/mol. The Hall–Kier alpha value is -2.93. The Morgan fingerprint density at radius 2 is 1.83 bits per heavy atom. The summed E-state index contributed by atoms with van der Waals surface area (Å²) in [7, 11) is 3.08. The highest BCUT2D eigenvalue weighted by molar-refractivity contribution is 7.14. The van der Waals surface area contributed by atoms with E-state index in [0.29, 0.717) is 22.2 Å². The van der Waals surface area contributed by atoms with E-state index in [0.717, 1.165) is 11.4 Å². The summed E-state index contributed by atoms with van der Waals surface area (Å²) in [6.07, 6.45) is 1.70. The fourth-order valence-corrected chi connectivity index (χ4v) is 2.77. The number of anilines is 1. The van der Waals surface area contributed by atoms with Gasteiger partial charge in [0.15, 0.2) is 5.13 Å². The van der Waals surface area contributed by atoms with Crippen LogP contribution in [0.15, 0.2) is 48.0 Å². The Bertz CT molecular complexity index is 827. The van der Waals surface area contributed by atoms with E-state index in [-0.39, 0.29) is 5.91 Å². The highest BCUT2D eigenvalue weighted by atomic mass is 32.1. The van der Waals surface area contributed by atoms with Crippen LogP contribution in [0.3, 0.4) is 0 Å². The first-order valence-electron chi connectivity index (χ1n) is 7.11. The van der Waals surface area contributed by atoms with E-state index in [4.69, 9.17) is 9.47 Å². The van der Waals surface area contributed by atoms with Gasteiger partial charge in [0.2, 0.25) is 0 Å². The van der Waals surface area contributed by atoms with Gasteiger partial charge in [-0.2, -0.15) is 0 Å². The normalized spacial score (nSPS) is 10.2. The topological polar surface area (TPSA) is 73.3 Å². The molecule has 0 bridgehead atoms. The monoisotopic (exact) mass is 341 g/mol. The van der Waals surface area contributed by atoms with Gasteiger partial charge in [0.25, 0.3) is 5.91 Å². The van der Waals surface area contributed by atoms with E-state index < -0.39 is 0 Å². The fraction of sp³-hybridized carbons (Fsp3) is 0.118. The first-order chi connectivity index (χ1) is 11.7. The fourth-order valence-electron chi connectivity index (χ4n) is 2.07. The van der Waals surface area contributed by atoms with Crippen molar-refractivity contribution in [3.63, 3.8) is 0 Å². The van der Waals surface area contributed by atoms with E-state index >= 15 is 0 Å². The van der Waals surface area contributed by atoms with Crippen molar-refractivity contribution in [3.8, 4) is 22.9 Å². The number of benzene rings is 1. The standard InChI is InChI=1S/C17H15N3O3S/c1-22-12-7-11(8-13(9-12)23-2)16(21)20-17-19-15(10-24-17)14-5-3-4-6-18-14/h3-10H,1-2H3,(H,19,20,21). The number of ether oxygens (including phenoxy) is 2. The van der Waals surface area contributed by atoms with Crippen LogP contribution in [0.5, 0.6) is 11.5 Å². The van der Waals surface area contributed by atoms with Gasteiger partial charge in [-0.3, -0.25) is 15.1 Å². The van der Waals surface area contributed by atoms with Crippen LogP contribution < -0.4 is 14.8 Å². The number of amides is 1. The molecule has 3 aromatic rings. The van der Waals surface area contributed by atoms with Crippen molar-refractivity contribution in [1.82, 2.24) is 9.97 Å². The Balaban J connectivity index is 1.79. The van der Waals surface area contributed by atoms with Crippen LogP contribution in [0.25, 0.3) is 11.4 Å². The molecule has 7 heteroatoms. The molecule has 0 fully saturated rings. The molecule has 0 aliphatic carbocycles. The zero-order valence-corrected chi connectivity index (χ0v) is 14.0. The lowest BCUT2D eigenvalue weighted by Crippen LogP contribution is -2.12. The minimum atomic E-state index is -0.283. The summed E-state index contributed by atoms with van der Waals surface area (Å²) in [5.41, 5.74) is 1.91. The molecule has 0 aliphatic heterocycles. The van der Waals surface area contributed by atoms with Crippen molar-refractivity contribution in [1.29, 1.82) is 0 Å². The third-order valence-corrected chi connectivity index (χ3v) is 4.02. The van der Waals surface area contributed by atoms with Gasteiger partial charge in [-0.15, -0.1) is 11.3 Å². The van der Waals surface area contributed by atoms with Crippen LogP contribution in [0.1, 0.15) is 10.4 Å². The lowest BCUT2D eigenvalue weighted by atomic mass is 10.2. The minimum Gasteiger partial charge on any atom is -0.497 e. The van der Waals surface area contributed by atoms with Gasteiger partial charge in [-0.05, 0) is 24.3 Å². The Labute approximate surface area is 143 Å². The second-order valence-electron chi connectivity index (χ2n) is 4.81. The number of hydrogen-bond donors (Lipinski definition) is 1. The molecule has 0 saturated carbocycles. The van der Waals surface area contributed by atoms with Crippen molar-refractivity contribution in [2.24, 2.45) is 0 Å². The molecule has 0 unspecified atom stereocenters. The van der Waals surface area contributed by atoms with E-state index in [1.165, 1.54) is 25.6 Å². The van der Waals surface area contributed by atoms with Crippen molar-refractivity contribution in [3.05, 3.63) is 53.5 Å². The first-order valence-corrected chi connectivity index (χ1v) is 7.99. The lowest BCUT2D eigenvalue weighted by molar-refractivity contribution is 0.102. The minimum absolute atomic E-state index is 0.283. The Morgan fingerprint density at radius 1 is 1.08 bits per heavy atom. The molecule has 0 radical (unpaired) electrons. The Kier molecular flexibility index (Phi) is 4.72. The highest BCUT2D eigenvalue weighted by Gasteiger charge is 2.13. The van der Waals surface area contributed by atoms with Crippen LogP contribution in [0.2, 0.25) is 0 Å². The smallest absolute Gasteiger partial charge is 0.257 e. The maximum absolute atomic E-state index is 12.4. The number of nitrogens with zero attached hydrogens (tertiary/aromatic N) is 2. The van der Waals surface area contributed by atoms with Crippen molar-refractivity contribution in [2.75, 3.05) is 19.5 Å².